The van der Waals surface area contributed by atoms with Crippen molar-refractivity contribution >= 4 is 46.6 Å². The molecule has 8 heteroatoms. The second kappa shape index (κ2) is 10.3. The van der Waals surface area contributed by atoms with E-state index in [1.807, 2.05) is 54.6 Å². The smallest absolute Gasteiger partial charge is 0.257 e. The van der Waals surface area contributed by atoms with Crippen molar-refractivity contribution in [1.82, 2.24) is 10.4 Å². The van der Waals surface area contributed by atoms with Crippen molar-refractivity contribution in [1.29, 1.82) is 0 Å². The van der Waals surface area contributed by atoms with Gasteiger partial charge in [-0.15, -0.1) is 0 Å². The fourth-order valence-corrected chi connectivity index (χ4v) is 3.99. The Bertz CT molecular complexity index is 1220. The number of rotatable bonds is 8. The predicted octanol–water partition coefficient (Wildman–Crippen LogP) is 5.47. The van der Waals surface area contributed by atoms with Crippen LogP contribution in [0.25, 0.3) is 11.1 Å². The van der Waals surface area contributed by atoms with Gasteiger partial charge in [0.25, 0.3) is 5.22 Å². The van der Waals surface area contributed by atoms with Gasteiger partial charge in [0, 0.05) is 16.3 Å². The summed E-state index contributed by atoms with van der Waals surface area (Å²) in [5, 5.41) is 5.30. The van der Waals surface area contributed by atoms with Gasteiger partial charge in [-0.3, -0.25) is 4.79 Å². The molecule has 0 radical (unpaired) electrons. The minimum atomic E-state index is -0.205. The number of methoxy groups -OCH3 is 1. The van der Waals surface area contributed by atoms with Gasteiger partial charge in [0.05, 0.1) is 19.7 Å². The fraction of sp³-hybridized carbons (Fsp3) is 0.125. The van der Waals surface area contributed by atoms with E-state index >= 15 is 0 Å². The number of hydrogen-bond donors (Lipinski definition) is 1. The van der Waals surface area contributed by atoms with Crippen LogP contribution in [0.2, 0.25) is 5.02 Å². The maximum atomic E-state index is 12.1. The van der Waals surface area contributed by atoms with Crippen LogP contribution < -0.4 is 10.2 Å². The molecular weight excluding hydrogens is 446 g/mol. The molecule has 162 valence electrons. The molecule has 0 aliphatic rings. The number of nitrogens with one attached hydrogen (secondary N) is 1. The summed E-state index contributed by atoms with van der Waals surface area (Å²) in [6.07, 6.45) is 1.83. The number of carbonyl (C=O) groups excluding carboxylic acids is 1. The van der Waals surface area contributed by atoms with Gasteiger partial charge in [-0.05, 0) is 53.6 Å². The molecule has 0 atom stereocenters. The quantitative estimate of drug-likeness (QED) is 0.212. The monoisotopic (exact) mass is 465 g/mol. The van der Waals surface area contributed by atoms with Crippen LogP contribution in [0.4, 0.5) is 0 Å². The van der Waals surface area contributed by atoms with E-state index in [-0.39, 0.29) is 12.3 Å². The first kappa shape index (κ1) is 21.9. The molecule has 0 saturated carbocycles. The number of thioether (sulfide) groups is 1. The Balaban J connectivity index is 1.38. The lowest BCUT2D eigenvalue weighted by molar-refractivity contribution is -0.120. The van der Waals surface area contributed by atoms with Crippen LogP contribution in [0.5, 0.6) is 5.75 Å². The number of hydrazone groups is 1. The molecule has 0 aliphatic carbocycles. The van der Waals surface area contributed by atoms with Crippen molar-refractivity contribution in [3.8, 4) is 5.75 Å². The topological polar surface area (TPSA) is 76.7 Å². The number of ether oxygens (including phenoxy) is 1. The lowest BCUT2D eigenvalue weighted by atomic mass is 10.1. The maximum Gasteiger partial charge on any atom is 0.257 e. The molecule has 1 N–H and O–H groups in total. The van der Waals surface area contributed by atoms with Gasteiger partial charge >= 0.3 is 0 Å². The van der Waals surface area contributed by atoms with E-state index in [0.717, 1.165) is 33.5 Å². The average molecular weight is 466 g/mol. The van der Waals surface area contributed by atoms with E-state index in [4.69, 9.17) is 20.8 Å². The largest absolute Gasteiger partial charge is 0.496 e. The molecule has 32 heavy (non-hydrogen) atoms. The van der Waals surface area contributed by atoms with Gasteiger partial charge < -0.3 is 9.15 Å². The molecule has 1 aromatic heterocycles. The third-order valence-electron chi connectivity index (χ3n) is 4.61. The molecule has 4 aromatic rings. The van der Waals surface area contributed by atoms with Crippen molar-refractivity contribution in [3.05, 3.63) is 88.4 Å². The number of amides is 1. The highest BCUT2D eigenvalue weighted by Gasteiger charge is 2.10. The number of carbonyl (C=O) groups is 1. The van der Waals surface area contributed by atoms with Crippen LogP contribution in [-0.4, -0.2) is 24.2 Å². The molecule has 3 aromatic carbocycles. The summed E-state index contributed by atoms with van der Waals surface area (Å²) in [5.41, 5.74) is 6.82. The van der Waals surface area contributed by atoms with Crippen molar-refractivity contribution in [2.75, 3.05) is 7.11 Å². The van der Waals surface area contributed by atoms with Gasteiger partial charge in [-0.2, -0.15) is 5.10 Å². The number of benzene rings is 3. The standard InChI is InChI=1S/C24H20ClN3O3S/c1-30-21-11-8-17(14-26-28-23(29)13-16-6-9-19(25)10-7-16)12-18(21)15-32-24-27-20-4-2-3-5-22(20)31-24/h2-12,14H,13,15H2,1H3,(H,28,29). The molecule has 0 aliphatic heterocycles. The van der Waals surface area contributed by atoms with Crippen LogP contribution in [0.3, 0.4) is 0 Å². The van der Waals surface area contributed by atoms with Gasteiger partial charge in [0.15, 0.2) is 5.58 Å². The summed E-state index contributed by atoms with van der Waals surface area (Å²) < 4.78 is 11.2. The lowest BCUT2D eigenvalue weighted by Crippen LogP contribution is -2.19. The predicted molar refractivity (Wildman–Crippen MR) is 127 cm³/mol. The second-order valence-electron chi connectivity index (χ2n) is 6.90. The highest BCUT2D eigenvalue weighted by atomic mass is 35.5. The van der Waals surface area contributed by atoms with E-state index < -0.39 is 0 Å². The molecule has 0 saturated heterocycles. The van der Waals surface area contributed by atoms with Crippen molar-refractivity contribution in [3.63, 3.8) is 0 Å². The third-order valence-corrected chi connectivity index (χ3v) is 5.74. The Kier molecular flexibility index (Phi) is 7.09. The maximum absolute atomic E-state index is 12.1. The number of oxazole rings is 1. The van der Waals surface area contributed by atoms with E-state index in [2.05, 4.69) is 15.5 Å². The van der Waals surface area contributed by atoms with Crippen molar-refractivity contribution < 1.29 is 13.9 Å². The third kappa shape index (κ3) is 5.69. The highest BCUT2D eigenvalue weighted by molar-refractivity contribution is 7.98. The van der Waals surface area contributed by atoms with E-state index in [0.29, 0.717) is 16.0 Å². The first-order chi connectivity index (χ1) is 15.6. The molecule has 0 spiro atoms. The molecular formula is C24H20ClN3O3S. The summed E-state index contributed by atoms with van der Waals surface area (Å²) in [6.45, 7) is 0. The zero-order valence-electron chi connectivity index (χ0n) is 17.2. The summed E-state index contributed by atoms with van der Waals surface area (Å²) in [6, 6.07) is 20.5. The van der Waals surface area contributed by atoms with Crippen LogP contribution >= 0.6 is 23.4 Å². The molecule has 0 fully saturated rings. The van der Waals surface area contributed by atoms with Gasteiger partial charge in [-0.1, -0.05) is 47.6 Å². The van der Waals surface area contributed by atoms with Crippen LogP contribution in [-0.2, 0) is 17.0 Å². The number of para-hydroxylation sites is 2. The normalized spacial score (nSPS) is 11.2. The zero-order chi connectivity index (χ0) is 22.3. The highest BCUT2D eigenvalue weighted by Crippen LogP contribution is 2.30. The molecule has 4 rings (SSSR count). The molecule has 0 unspecified atom stereocenters. The summed E-state index contributed by atoms with van der Waals surface area (Å²) in [4.78, 5) is 16.6. The number of fused-ring (bicyclic) bond motifs is 1. The minimum Gasteiger partial charge on any atom is -0.496 e. The minimum absolute atomic E-state index is 0.205. The van der Waals surface area contributed by atoms with Crippen molar-refractivity contribution in [2.24, 2.45) is 5.10 Å². The fourth-order valence-electron chi connectivity index (χ4n) is 3.05. The number of aromatic nitrogens is 1. The number of nitrogens with zero attached hydrogens (tertiary/aromatic N) is 2. The van der Waals surface area contributed by atoms with Gasteiger partial charge in [0.1, 0.15) is 11.3 Å². The van der Waals surface area contributed by atoms with E-state index in [1.54, 1.807) is 25.5 Å². The van der Waals surface area contributed by atoms with Crippen LogP contribution in [0.15, 0.2) is 81.5 Å². The van der Waals surface area contributed by atoms with E-state index in [1.165, 1.54) is 11.8 Å². The van der Waals surface area contributed by atoms with Gasteiger partial charge in [0.2, 0.25) is 5.91 Å². The second-order valence-corrected chi connectivity index (χ2v) is 8.27. The lowest BCUT2D eigenvalue weighted by Gasteiger charge is -2.08. The first-order valence-corrected chi connectivity index (χ1v) is 11.2. The van der Waals surface area contributed by atoms with Crippen molar-refractivity contribution in [2.45, 2.75) is 17.4 Å². The Hall–Kier alpha value is -3.29. The van der Waals surface area contributed by atoms with Crippen LogP contribution in [0.1, 0.15) is 16.7 Å². The molecule has 1 heterocycles. The number of halogens is 1. The zero-order valence-corrected chi connectivity index (χ0v) is 18.8. The molecule has 1 amide bonds. The van der Waals surface area contributed by atoms with Gasteiger partial charge in [-0.25, -0.2) is 10.4 Å². The van der Waals surface area contributed by atoms with E-state index in [9.17, 15) is 4.79 Å². The Morgan fingerprint density at radius 3 is 2.78 bits per heavy atom. The summed E-state index contributed by atoms with van der Waals surface area (Å²) in [5.74, 6) is 1.17. The average Bonchev–Trinajstić information content (AvgIpc) is 3.22. The SMILES string of the molecule is COc1ccc(C=NNC(=O)Cc2ccc(Cl)cc2)cc1CSc1nc2ccccc2o1. The Morgan fingerprint density at radius 2 is 2.00 bits per heavy atom. The molecule has 0 bridgehead atoms. The first-order valence-electron chi connectivity index (χ1n) is 9.82. The Morgan fingerprint density at radius 1 is 1.19 bits per heavy atom. The molecule has 6 nitrogen and oxygen atoms in total. The summed E-state index contributed by atoms with van der Waals surface area (Å²) >= 11 is 7.35. The Labute approximate surface area is 194 Å². The van der Waals surface area contributed by atoms with Crippen LogP contribution in [0, 0.1) is 0 Å². The summed E-state index contributed by atoms with van der Waals surface area (Å²) in [7, 11) is 1.63. The number of hydrogen-bond acceptors (Lipinski definition) is 6.